The molecule has 0 aliphatic heterocycles. The Morgan fingerprint density at radius 2 is 1.69 bits per heavy atom. The van der Waals surface area contributed by atoms with E-state index in [0.717, 1.165) is 17.2 Å². The predicted molar refractivity (Wildman–Crippen MR) is 97.1 cm³/mol. The van der Waals surface area contributed by atoms with Gasteiger partial charge in [0.15, 0.2) is 0 Å². The minimum absolute atomic E-state index is 0.364. The van der Waals surface area contributed by atoms with Crippen molar-refractivity contribution in [3.05, 3.63) is 59.2 Å². The number of nitrogens with one attached hydrogen (secondary N) is 2. The predicted octanol–water partition coefficient (Wildman–Crippen LogP) is 3.68. The molecule has 2 aromatic heterocycles. The molecule has 2 amide bonds. The van der Waals surface area contributed by atoms with E-state index in [9.17, 15) is 9.18 Å². The molecular formula is C18H19FN6O. The number of urea groups is 1. The van der Waals surface area contributed by atoms with Crippen molar-refractivity contribution in [1.82, 2.24) is 19.5 Å². The molecule has 0 saturated carbocycles. The molecule has 0 unspecified atom stereocenters. The molecule has 0 aliphatic rings. The number of aromatic nitrogens is 4. The number of anilines is 2. The Kier molecular flexibility index (Phi) is 4.66. The molecule has 134 valence electrons. The molecule has 0 bridgehead atoms. The summed E-state index contributed by atoms with van der Waals surface area (Å²) < 4.78 is 15.4. The largest absolute Gasteiger partial charge is 0.323 e. The maximum Gasteiger partial charge on any atom is 0.323 e. The molecule has 0 atom stereocenters. The van der Waals surface area contributed by atoms with Gasteiger partial charge in [0.25, 0.3) is 0 Å². The second-order valence-corrected chi connectivity index (χ2v) is 5.98. The fourth-order valence-electron chi connectivity index (χ4n) is 2.54. The zero-order chi connectivity index (χ0) is 18.8. The number of halogens is 1. The van der Waals surface area contributed by atoms with Crippen LogP contribution >= 0.6 is 0 Å². The number of hydrogen-bond acceptors (Lipinski definition) is 4. The van der Waals surface area contributed by atoms with Gasteiger partial charge in [-0.25, -0.2) is 24.1 Å². The molecule has 3 aromatic rings. The van der Waals surface area contributed by atoms with Crippen molar-refractivity contribution in [3.63, 3.8) is 0 Å². The highest BCUT2D eigenvalue weighted by molar-refractivity contribution is 5.99. The number of nitrogens with zero attached hydrogens (tertiary/aromatic N) is 4. The molecule has 0 aliphatic carbocycles. The van der Waals surface area contributed by atoms with Gasteiger partial charge in [-0.05, 0) is 45.4 Å². The van der Waals surface area contributed by atoms with Crippen LogP contribution in [0.25, 0.3) is 5.95 Å². The minimum Gasteiger partial charge on any atom is -0.308 e. The molecule has 2 N–H and O–H groups in total. The number of benzene rings is 1. The van der Waals surface area contributed by atoms with E-state index in [1.54, 1.807) is 19.1 Å². The van der Waals surface area contributed by atoms with E-state index in [1.165, 1.54) is 18.5 Å². The molecule has 2 heterocycles. The van der Waals surface area contributed by atoms with Gasteiger partial charge in [0.2, 0.25) is 5.95 Å². The molecule has 0 radical (unpaired) electrons. The number of imidazole rings is 1. The minimum atomic E-state index is -0.504. The van der Waals surface area contributed by atoms with Crippen molar-refractivity contribution in [2.45, 2.75) is 27.7 Å². The second-order valence-electron chi connectivity index (χ2n) is 5.98. The van der Waals surface area contributed by atoms with Crippen molar-refractivity contribution in [2.75, 3.05) is 10.6 Å². The van der Waals surface area contributed by atoms with E-state index in [2.05, 4.69) is 25.6 Å². The van der Waals surface area contributed by atoms with Gasteiger partial charge in [-0.3, -0.25) is 4.57 Å². The highest BCUT2D eigenvalue weighted by Crippen LogP contribution is 2.16. The molecule has 0 saturated heterocycles. The summed E-state index contributed by atoms with van der Waals surface area (Å²) in [5, 5.41) is 5.18. The summed E-state index contributed by atoms with van der Waals surface area (Å²) in [6.07, 6.45) is 3.01. The van der Waals surface area contributed by atoms with Gasteiger partial charge in [-0.15, -0.1) is 0 Å². The quantitative estimate of drug-likeness (QED) is 0.751. The topological polar surface area (TPSA) is 84.7 Å². The highest BCUT2D eigenvalue weighted by atomic mass is 19.1. The summed E-state index contributed by atoms with van der Waals surface area (Å²) in [7, 11) is 0. The van der Waals surface area contributed by atoms with Crippen LogP contribution < -0.4 is 10.6 Å². The van der Waals surface area contributed by atoms with E-state index >= 15 is 0 Å². The maximum atomic E-state index is 13.5. The van der Waals surface area contributed by atoms with Gasteiger partial charge in [0, 0.05) is 11.4 Å². The van der Waals surface area contributed by atoms with Crippen LogP contribution in [0.1, 0.15) is 22.8 Å². The van der Waals surface area contributed by atoms with Gasteiger partial charge in [-0.1, -0.05) is 6.07 Å². The molecular weight excluding hydrogens is 335 g/mol. The Labute approximate surface area is 150 Å². The van der Waals surface area contributed by atoms with E-state index in [1.807, 2.05) is 25.3 Å². The lowest BCUT2D eigenvalue weighted by atomic mass is 10.2. The van der Waals surface area contributed by atoms with Gasteiger partial charge in [-0.2, -0.15) is 0 Å². The first-order chi connectivity index (χ1) is 12.3. The molecule has 0 fully saturated rings. The standard InChI is InChI=1S/C18H19FN6O/c1-10-5-6-14(7-16(10)19)23-18(26)24-15-8-20-17(21-9-15)25-12(3)11(2)22-13(25)4/h5-9H,1-4H3,(H2,23,24,26). The fraction of sp³-hybridized carbons (Fsp3) is 0.222. The number of carbonyl (C=O) groups is 1. The number of amides is 2. The lowest BCUT2D eigenvalue weighted by Gasteiger charge is -2.09. The number of hydrogen-bond donors (Lipinski definition) is 2. The smallest absolute Gasteiger partial charge is 0.308 e. The molecule has 0 spiro atoms. The third-order valence-electron chi connectivity index (χ3n) is 4.04. The first kappa shape index (κ1) is 17.5. The third-order valence-corrected chi connectivity index (χ3v) is 4.04. The van der Waals surface area contributed by atoms with Crippen LogP contribution in [0.3, 0.4) is 0 Å². The van der Waals surface area contributed by atoms with Crippen LogP contribution in [0.5, 0.6) is 0 Å². The lowest BCUT2D eigenvalue weighted by Crippen LogP contribution is -2.20. The number of rotatable bonds is 3. The van der Waals surface area contributed by atoms with Crippen LogP contribution in [0, 0.1) is 33.5 Å². The summed E-state index contributed by atoms with van der Waals surface area (Å²) in [6.45, 7) is 7.40. The maximum absolute atomic E-state index is 13.5. The molecule has 8 heteroatoms. The first-order valence-corrected chi connectivity index (χ1v) is 8.04. The van der Waals surface area contributed by atoms with Crippen molar-refractivity contribution in [2.24, 2.45) is 0 Å². The summed E-state index contributed by atoms with van der Waals surface area (Å²) in [5.74, 6) is 0.892. The first-order valence-electron chi connectivity index (χ1n) is 8.04. The van der Waals surface area contributed by atoms with E-state index in [4.69, 9.17) is 0 Å². The Balaban J connectivity index is 1.71. The normalized spacial score (nSPS) is 10.7. The molecule has 3 rings (SSSR count). The van der Waals surface area contributed by atoms with Crippen LogP contribution in [0.2, 0.25) is 0 Å². The zero-order valence-electron chi connectivity index (χ0n) is 15.0. The summed E-state index contributed by atoms with van der Waals surface area (Å²) in [4.78, 5) is 25.0. The van der Waals surface area contributed by atoms with Crippen molar-refractivity contribution in [3.8, 4) is 5.95 Å². The van der Waals surface area contributed by atoms with Crippen LogP contribution in [0.4, 0.5) is 20.6 Å². The highest BCUT2D eigenvalue weighted by Gasteiger charge is 2.12. The fourth-order valence-corrected chi connectivity index (χ4v) is 2.54. The Morgan fingerprint density at radius 1 is 1.04 bits per heavy atom. The Morgan fingerprint density at radius 3 is 2.27 bits per heavy atom. The average molecular weight is 354 g/mol. The Bertz CT molecular complexity index is 965. The molecule has 7 nitrogen and oxygen atoms in total. The van der Waals surface area contributed by atoms with E-state index in [0.29, 0.717) is 22.9 Å². The van der Waals surface area contributed by atoms with Gasteiger partial charge in [0.05, 0.1) is 23.8 Å². The number of aryl methyl sites for hydroxylation is 3. The van der Waals surface area contributed by atoms with Crippen LogP contribution in [-0.2, 0) is 0 Å². The Hall–Kier alpha value is -3.29. The molecule has 26 heavy (non-hydrogen) atoms. The van der Waals surface area contributed by atoms with Gasteiger partial charge >= 0.3 is 6.03 Å². The monoisotopic (exact) mass is 354 g/mol. The van der Waals surface area contributed by atoms with Crippen molar-refractivity contribution >= 4 is 17.4 Å². The van der Waals surface area contributed by atoms with Gasteiger partial charge < -0.3 is 10.6 Å². The van der Waals surface area contributed by atoms with Crippen LogP contribution in [-0.4, -0.2) is 25.6 Å². The summed E-state index contributed by atoms with van der Waals surface area (Å²) in [6, 6.07) is 3.99. The second kappa shape index (κ2) is 6.91. The summed E-state index contributed by atoms with van der Waals surface area (Å²) >= 11 is 0. The SMILES string of the molecule is Cc1ccc(NC(=O)Nc2cnc(-n3c(C)nc(C)c3C)nc2)cc1F. The number of carbonyl (C=O) groups excluding carboxylic acids is 1. The van der Waals surface area contributed by atoms with Gasteiger partial charge in [0.1, 0.15) is 11.6 Å². The summed E-state index contributed by atoms with van der Waals surface area (Å²) in [5.41, 5.74) is 3.18. The van der Waals surface area contributed by atoms with Crippen molar-refractivity contribution in [1.29, 1.82) is 0 Å². The zero-order valence-corrected chi connectivity index (χ0v) is 15.0. The lowest BCUT2D eigenvalue weighted by molar-refractivity contribution is 0.262. The van der Waals surface area contributed by atoms with Crippen molar-refractivity contribution < 1.29 is 9.18 Å². The average Bonchev–Trinajstić information content (AvgIpc) is 2.84. The third kappa shape index (κ3) is 3.53. The van der Waals surface area contributed by atoms with E-state index < -0.39 is 6.03 Å². The van der Waals surface area contributed by atoms with E-state index in [-0.39, 0.29) is 5.82 Å². The molecule has 1 aromatic carbocycles. The van der Waals surface area contributed by atoms with Crippen LogP contribution in [0.15, 0.2) is 30.6 Å².